The van der Waals surface area contributed by atoms with Gasteiger partial charge in [0.25, 0.3) is 5.91 Å². The number of nitrogens with zero attached hydrogens (tertiary/aromatic N) is 1. The molecule has 1 amide bonds. The molecule has 1 heterocycles. The summed E-state index contributed by atoms with van der Waals surface area (Å²) in [5.74, 6) is 0.758. The van der Waals surface area contributed by atoms with Crippen LogP contribution in [0.3, 0.4) is 0 Å². The lowest BCUT2D eigenvalue weighted by atomic mass is 10.1. The SMILES string of the molecule is O=C(c1cc2c(s1)CCCCC2)N(CCCl)C1CCCC1. The fourth-order valence-corrected chi connectivity index (χ4v) is 5.06. The van der Waals surface area contributed by atoms with Crippen LogP contribution < -0.4 is 0 Å². The molecule has 0 radical (unpaired) electrons. The van der Waals surface area contributed by atoms with Gasteiger partial charge in [0.2, 0.25) is 0 Å². The molecule has 1 saturated carbocycles. The van der Waals surface area contributed by atoms with Crippen molar-refractivity contribution < 1.29 is 4.79 Å². The Kier molecular flexibility index (Phi) is 5.23. The van der Waals surface area contributed by atoms with E-state index in [1.165, 1.54) is 42.5 Å². The first-order chi connectivity index (χ1) is 10.3. The summed E-state index contributed by atoms with van der Waals surface area (Å²) in [6, 6.07) is 2.59. The van der Waals surface area contributed by atoms with Gasteiger partial charge < -0.3 is 4.90 Å². The lowest BCUT2D eigenvalue weighted by Gasteiger charge is -2.27. The fourth-order valence-electron chi connectivity index (χ4n) is 3.67. The Morgan fingerprint density at radius 1 is 1.19 bits per heavy atom. The first-order valence-corrected chi connectivity index (χ1v) is 9.63. The smallest absolute Gasteiger partial charge is 0.264 e. The third-order valence-electron chi connectivity index (χ3n) is 4.81. The van der Waals surface area contributed by atoms with Crippen LogP contribution >= 0.6 is 22.9 Å². The molecule has 1 aromatic rings. The number of carbonyl (C=O) groups excluding carboxylic acids is 1. The van der Waals surface area contributed by atoms with Crippen molar-refractivity contribution in [3.63, 3.8) is 0 Å². The molecule has 0 saturated heterocycles. The maximum absolute atomic E-state index is 12.9. The molecule has 0 spiro atoms. The molecule has 2 aliphatic rings. The highest BCUT2D eigenvalue weighted by Gasteiger charge is 2.28. The van der Waals surface area contributed by atoms with Crippen molar-refractivity contribution in [1.82, 2.24) is 4.90 Å². The van der Waals surface area contributed by atoms with E-state index in [0.29, 0.717) is 18.5 Å². The van der Waals surface area contributed by atoms with Gasteiger partial charge in [-0.2, -0.15) is 0 Å². The zero-order valence-electron chi connectivity index (χ0n) is 12.6. The Hall–Kier alpha value is -0.540. The Bertz CT molecular complexity index is 469. The molecular weight excluding hydrogens is 302 g/mol. The van der Waals surface area contributed by atoms with Gasteiger partial charge in [-0.05, 0) is 50.2 Å². The van der Waals surface area contributed by atoms with Gasteiger partial charge in [0.1, 0.15) is 0 Å². The van der Waals surface area contributed by atoms with E-state index in [2.05, 4.69) is 6.07 Å². The summed E-state index contributed by atoms with van der Waals surface area (Å²) in [6.07, 6.45) is 11.0. The highest BCUT2D eigenvalue weighted by molar-refractivity contribution is 7.14. The van der Waals surface area contributed by atoms with E-state index in [-0.39, 0.29) is 5.91 Å². The van der Waals surface area contributed by atoms with Gasteiger partial charge >= 0.3 is 0 Å². The molecule has 0 unspecified atom stereocenters. The van der Waals surface area contributed by atoms with Gasteiger partial charge in [0.15, 0.2) is 0 Å². The fraction of sp³-hybridized carbons (Fsp3) is 0.706. The minimum Gasteiger partial charge on any atom is -0.334 e. The number of hydrogen-bond acceptors (Lipinski definition) is 2. The van der Waals surface area contributed by atoms with E-state index in [0.717, 1.165) is 30.6 Å². The van der Waals surface area contributed by atoms with Gasteiger partial charge in [-0.25, -0.2) is 0 Å². The summed E-state index contributed by atoms with van der Waals surface area (Å²) in [4.78, 5) is 17.3. The molecule has 0 bridgehead atoms. The van der Waals surface area contributed by atoms with E-state index < -0.39 is 0 Å². The number of halogens is 1. The number of carbonyl (C=O) groups is 1. The summed E-state index contributed by atoms with van der Waals surface area (Å²) in [5, 5.41) is 0. The Morgan fingerprint density at radius 3 is 2.71 bits per heavy atom. The van der Waals surface area contributed by atoms with Crippen LogP contribution in [0.15, 0.2) is 6.07 Å². The van der Waals surface area contributed by atoms with E-state index in [1.54, 1.807) is 11.3 Å². The van der Waals surface area contributed by atoms with Crippen LogP contribution in [-0.4, -0.2) is 29.3 Å². The van der Waals surface area contributed by atoms with Crippen molar-refractivity contribution in [2.24, 2.45) is 0 Å². The summed E-state index contributed by atoms with van der Waals surface area (Å²) in [5.41, 5.74) is 1.43. The van der Waals surface area contributed by atoms with Crippen LogP contribution in [0.5, 0.6) is 0 Å². The minimum atomic E-state index is 0.223. The normalized spacial score (nSPS) is 19.3. The molecule has 0 N–H and O–H groups in total. The topological polar surface area (TPSA) is 20.3 Å². The Morgan fingerprint density at radius 2 is 1.95 bits per heavy atom. The van der Waals surface area contributed by atoms with Crippen LogP contribution in [0.4, 0.5) is 0 Å². The van der Waals surface area contributed by atoms with Gasteiger partial charge in [-0.1, -0.05) is 19.3 Å². The second-order valence-corrected chi connectivity index (χ2v) is 7.76. The van der Waals surface area contributed by atoms with E-state index in [1.807, 2.05) is 4.90 Å². The molecule has 116 valence electrons. The molecule has 0 aliphatic heterocycles. The van der Waals surface area contributed by atoms with E-state index >= 15 is 0 Å². The maximum atomic E-state index is 12.9. The van der Waals surface area contributed by atoms with Gasteiger partial charge in [0.05, 0.1) is 4.88 Å². The second kappa shape index (κ2) is 7.15. The maximum Gasteiger partial charge on any atom is 0.264 e. The highest BCUT2D eigenvalue weighted by atomic mass is 35.5. The quantitative estimate of drug-likeness (QED) is 0.583. The van der Waals surface area contributed by atoms with Crippen LogP contribution in [0.2, 0.25) is 0 Å². The van der Waals surface area contributed by atoms with Gasteiger partial charge in [-0.15, -0.1) is 22.9 Å². The zero-order chi connectivity index (χ0) is 14.7. The third-order valence-corrected chi connectivity index (χ3v) is 6.20. The molecular formula is C17H24ClNOS. The van der Waals surface area contributed by atoms with Crippen molar-refractivity contribution in [3.8, 4) is 0 Å². The van der Waals surface area contributed by atoms with Crippen LogP contribution in [0.25, 0.3) is 0 Å². The molecule has 2 aliphatic carbocycles. The van der Waals surface area contributed by atoms with Crippen LogP contribution in [-0.2, 0) is 12.8 Å². The summed E-state index contributed by atoms with van der Waals surface area (Å²) >= 11 is 7.67. The summed E-state index contributed by atoms with van der Waals surface area (Å²) < 4.78 is 0. The number of alkyl halides is 1. The van der Waals surface area contributed by atoms with Gasteiger partial charge in [0, 0.05) is 23.3 Å². The molecule has 1 fully saturated rings. The lowest BCUT2D eigenvalue weighted by molar-refractivity contribution is 0.0700. The third kappa shape index (κ3) is 3.45. The summed E-state index contributed by atoms with van der Waals surface area (Å²) in [6.45, 7) is 0.688. The number of hydrogen-bond donors (Lipinski definition) is 0. The predicted octanol–water partition coefficient (Wildman–Crippen LogP) is 4.64. The molecule has 3 rings (SSSR count). The first kappa shape index (κ1) is 15.4. The number of aryl methyl sites for hydroxylation is 2. The summed E-state index contributed by atoms with van der Waals surface area (Å²) in [7, 11) is 0. The molecule has 0 aromatic carbocycles. The van der Waals surface area contributed by atoms with Crippen molar-refractivity contribution in [3.05, 3.63) is 21.4 Å². The second-order valence-electron chi connectivity index (χ2n) is 6.25. The van der Waals surface area contributed by atoms with Crippen molar-refractivity contribution >= 4 is 28.8 Å². The first-order valence-electron chi connectivity index (χ1n) is 8.28. The average molecular weight is 326 g/mol. The zero-order valence-corrected chi connectivity index (χ0v) is 14.1. The van der Waals surface area contributed by atoms with Crippen molar-refractivity contribution in [2.75, 3.05) is 12.4 Å². The average Bonchev–Trinajstić information content (AvgIpc) is 3.10. The highest BCUT2D eigenvalue weighted by Crippen LogP contribution is 2.31. The van der Waals surface area contributed by atoms with Crippen LogP contribution in [0, 0.1) is 0 Å². The molecule has 4 heteroatoms. The molecule has 21 heavy (non-hydrogen) atoms. The van der Waals surface area contributed by atoms with E-state index in [9.17, 15) is 4.79 Å². The monoisotopic (exact) mass is 325 g/mol. The van der Waals surface area contributed by atoms with Gasteiger partial charge in [-0.3, -0.25) is 4.79 Å². The van der Waals surface area contributed by atoms with Crippen LogP contribution in [0.1, 0.15) is 65.1 Å². The van der Waals surface area contributed by atoms with Crippen molar-refractivity contribution in [2.45, 2.75) is 63.8 Å². The number of thiophene rings is 1. The predicted molar refractivity (Wildman–Crippen MR) is 89.6 cm³/mol. The largest absolute Gasteiger partial charge is 0.334 e. The van der Waals surface area contributed by atoms with Crippen molar-refractivity contribution in [1.29, 1.82) is 0 Å². The standard InChI is InChI=1S/C17H24ClNOS/c18-10-11-19(14-7-4-5-8-14)17(20)16-12-13-6-2-1-3-9-15(13)21-16/h12,14H,1-11H2. The minimum absolute atomic E-state index is 0.223. The molecule has 2 nitrogen and oxygen atoms in total. The Labute approximate surface area is 136 Å². The number of rotatable bonds is 4. The molecule has 1 aromatic heterocycles. The van der Waals surface area contributed by atoms with E-state index in [4.69, 9.17) is 11.6 Å². The Balaban J connectivity index is 1.78. The number of fused-ring (bicyclic) bond motifs is 1. The number of amides is 1. The molecule has 0 atom stereocenters. The lowest BCUT2D eigenvalue weighted by Crippen LogP contribution is -2.39.